The Labute approximate surface area is 120 Å². The third-order valence-corrected chi connectivity index (χ3v) is 3.86. The minimum absolute atomic E-state index is 0.136. The summed E-state index contributed by atoms with van der Waals surface area (Å²) < 4.78 is 62.6. The van der Waals surface area contributed by atoms with Crippen LogP contribution in [0.15, 0.2) is 24.3 Å². The lowest BCUT2D eigenvalue weighted by Crippen LogP contribution is -2.40. The van der Waals surface area contributed by atoms with Gasteiger partial charge in [-0.3, -0.25) is 4.79 Å². The molecular formula is C11H14F3N3O3S. The quantitative estimate of drug-likeness (QED) is 0.849. The van der Waals surface area contributed by atoms with Gasteiger partial charge in [-0.05, 0) is 24.3 Å². The van der Waals surface area contributed by atoms with Gasteiger partial charge in [0.2, 0.25) is 5.91 Å². The smallest absolute Gasteiger partial charge is 0.325 e. The molecular weight excluding hydrogens is 311 g/mol. The summed E-state index contributed by atoms with van der Waals surface area (Å²) in [4.78, 5) is 11.5. The molecule has 1 aromatic carbocycles. The summed E-state index contributed by atoms with van der Waals surface area (Å²) in [5, 5.41) is 2.28. The number of amides is 1. The van der Waals surface area contributed by atoms with E-state index in [2.05, 4.69) is 5.32 Å². The monoisotopic (exact) mass is 325 g/mol. The van der Waals surface area contributed by atoms with E-state index in [1.807, 2.05) is 4.72 Å². The Morgan fingerprint density at radius 2 is 1.71 bits per heavy atom. The van der Waals surface area contributed by atoms with Crippen molar-refractivity contribution >= 4 is 21.8 Å². The number of benzene rings is 1. The Morgan fingerprint density at radius 3 is 2.14 bits per heavy atom. The van der Waals surface area contributed by atoms with Crippen molar-refractivity contribution in [1.29, 1.82) is 0 Å². The van der Waals surface area contributed by atoms with Crippen LogP contribution in [0.25, 0.3) is 0 Å². The average Bonchev–Trinajstić information content (AvgIpc) is 2.36. The van der Waals surface area contributed by atoms with Gasteiger partial charge in [0.05, 0.1) is 12.1 Å². The summed E-state index contributed by atoms with van der Waals surface area (Å²) in [5.74, 6) is -0.694. The third kappa shape index (κ3) is 5.33. The maximum Gasteiger partial charge on any atom is 0.416 e. The topological polar surface area (TPSA) is 78.5 Å². The van der Waals surface area contributed by atoms with Crippen molar-refractivity contribution < 1.29 is 26.4 Å². The van der Waals surface area contributed by atoms with Crippen LogP contribution in [0.2, 0.25) is 0 Å². The van der Waals surface area contributed by atoms with E-state index in [-0.39, 0.29) is 5.69 Å². The van der Waals surface area contributed by atoms with Crippen LogP contribution in [0.3, 0.4) is 0 Å². The van der Waals surface area contributed by atoms with Gasteiger partial charge in [0, 0.05) is 19.8 Å². The van der Waals surface area contributed by atoms with Crippen LogP contribution in [0, 0.1) is 0 Å². The van der Waals surface area contributed by atoms with Crippen LogP contribution in [-0.2, 0) is 21.2 Å². The summed E-state index contributed by atoms with van der Waals surface area (Å²) in [6, 6.07) is 3.81. The zero-order chi connectivity index (χ0) is 16.3. The molecule has 0 aliphatic carbocycles. The second-order valence-electron chi connectivity index (χ2n) is 4.23. The van der Waals surface area contributed by atoms with Crippen molar-refractivity contribution in [1.82, 2.24) is 9.03 Å². The van der Waals surface area contributed by atoms with E-state index in [0.717, 1.165) is 28.6 Å². The molecule has 0 saturated carbocycles. The highest BCUT2D eigenvalue weighted by Crippen LogP contribution is 2.29. The Morgan fingerprint density at radius 1 is 1.19 bits per heavy atom. The summed E-state index contributed by atoms with van der Waals surface area (Å²) in [7, 11) is -1.16. The van der Waals surface area contributed by atoms with Crippen LogP contribution in [0.1, 0.15) is 5.56 Å². The van der Waals surface area contributed by atoms with Gasteiger partial charge in [-0.1, -0.05) is 0 Å². The highest BCUT2D eigenvalue weighted by Gasteiger charge is 2.30. The van der Waals surface area contributed by atoms with E-state index in [1.54, 1.807) is 0 Å². The normalized spacial score (nSPS) is 12.5. The molecule has 0 unspecified atom stereocenters. The van der Waals surface area contributed by atoms with E-state index in [1.165, 1.54) is 14.1 Å². The molecule has 0 atom stereocenters. The molecule has 0 heterocycles. The number of anilines is 1. The number of hydrogen-bond acceptors (Lipinski definition) is 3. The predicted octanol–water partition coefficient (Wildman–Crippen LogP) is 1.04. The first-order valence-corrected chi connectivity index (χ1v) is 7.10. The van der Waals surface area contributed by atoms with Crippen molar-refractivity contribution in [3.63, 3.8) is 0 Å². The van der Waals surface area contributed by atoms with Gasteiger partial charge >= 0.3 is 6.18 Å². The van der Waals surface area contributed by atoms with Crippen LogP contribution in [0.5, 0.6) is 0 Å². The van der Waals surface area contributed by atoms with Crippen molar-refractivity contribution in [2.75, 3.05) is 26.0 Å². The van der Waals surface area contributed by atoms with Crippen molar-refractivity contribution in [3.05, 3.63) is 29.8 Å². The number of halogens is 3. The molecule has 2 N–H and O–H groups in total. The Bertz CT molecular complexity index is 597. The van der Waals surface area contributed by atoms with Crippen LogP contribution < -0.4 is 10.0 Å². The van der Waals surface area contributed by atoms with Gasteiger partial charge < -0.3 is 5.32 Å². The molecule has 0 aromatic heterocycles. The third-order valence-electron chi connectivity index (χ3n) is 2.39. The minimum atomic E-state index is -4.45. The number of alkyl halides is 3. The van der Waals surface area contributed by atoms with E-state index < -0.39 is 34.4 Å². The zero-order valence-electron chi connectivity index (χ0n) is 11.2. The Kier molecular flexibility index (Phi) is 5.31. The number of hydrogen-bond donors (Lipinski definition) is 2. The van der Waals surface area contributed by atoms with E-state index in [0.29, 0.717) is 0 Å². The molecule has 1 aromatic rings. The lowest BCUT2D eigenvalue weighted by atomic mass is 10.2. The summed E-state index contributed by atoms with van der Waals surface area (Å²) in [5.41, 5.74) is -0.703. The van der Waals surface area contributed by atoms with Gasteiger partial charge in [0.1, 0.15) is 0 Å². The van der Waals surface area contributed by atoms with Gasteiger partial charge in [0.15, 0.2) is 0 Å². The van der Waals surface area contributed by atoms with E-state index >= 15 is 0 Å². The van der Waals surface area contributed by atoms with Gasteiger partial charge in [-0.2, -0.15) is 30.6 Å². The van der Waals surface area contributed by atoms with E-state index in [9.17, 15) is 26.4 Å². The minimum Gasteiger partial charge on any atom is -0.325 e. The molecule has 0 spiro atoms. The summed E-state index contributed by atoms with van der Waals surface area (Å²) in [6.07, 6.45) is -4.45. The fourth-order valence-electron chi connectivity index (χ4n) is 1.23. The summed E-state index contributed by atoms with van der Waals surface area (Å²) in [6.45, 7) is -0.526. The van der Waals surface area contributed by atoms with Gasteiger partial charge in [0.25, 0.3) is 10.2 Å². The van der Waals surface area contributed by atoms with Crippen LogP contribution in [-0.4, -0.2) is 39.3 Å². The maximum absolute atomic E-state index is 12.3. The number of rotatable bonds is 5. The number of carbonyl (C=O) groups is 1. The first kappa shape index (κ1) is 17.4. The maximum atomic E-state index is 12.3. The second kappa shape index (κ2) is 6.41. The number of nitrogens with one attached hydrogen (secondary N) is 2. The van der Waals surface area contributed by atoms with Crippen molar-refractivity contribution in [2.45, 2.75) is 6.18 Å². The fraction of sp³-hybridized carbons (Fsp3) is 0.364. The van der Waals surface area contributed by atoms with Crippen molar-refractivity contribution in [2.24, 2.45) is 0 Å². The van der Waals surface area contributed by atoms with E-state index in [4.69, 9.17) is 0 Å². The molecule has 0 fully saturated rings. The van der Waals surface area contributed by atoms with Crippen LogP contribution in [0.4, 0.5) is 18.9 Å². The van der Waals surface area contributed by atoms with Gasteiger partial charge in [-0.15, -0.1) is 0 Å². The highest BCUT2D eigenvalue weighted by atomic mass is 32.2. The molecule has 118 valence electrons. The highest BCUT2D eigenvalue weighted by molar-refractivity contribution is 7.87. The molecule has 1 amide bonds. The molecule has 0 bridgehead atoms. The molecule has 21 heavy (non-hydrogen) atoms. The van der Waals surface area contributed by atoms with Crippen molar-refractivity contribution in [3.8, 4) is 0 Å². The Balaban J connectivity index is 2.60. The largest absolute Gasteiger partial charge is 0.416 e. The molecule has 10 heteroatoms. The molecule has 1 rings (SSSR count). The number of carbonyl (C=O) groups excluding carboxylic acids is 1. The predicted molar refractivity (Wildman–Crippen MR) is 70.7 cm³/mol. The first-order valence-electron chi connectivity index (χ1n) is 5.66. The summed E-state index contributed by atoms with van der Waals surface area (Å²) >= 11 is 0. The molecule has 0 saturated heterocycles. The first-order chi connectivity index (χ1) is 9.52. The SMILES string of the molecule is CN(C)S(=O)(=O)NCC(=O)Nc1ccc(C(F)(F)F)cc1. The second-order valence-corrected chi connectivity index (χ2v) is 6.20. The number of nitrogens with zero attached hydrogens (tertiary/aromatic N) is 1. The lowest BCUT2D eigenvalue weighted by molar-refractivity contribution is -0.137. The molecule has 6 nitrogen and oxygen atoms in total. The molecule has 0 aliphatic heterocycles. The van der Waals surface area contributed by atoms with Gasteiger partial charge in [-0.25, -0.2) is 0 Å². The van der Waals surface area contributed by atoms with Crippen LogP contribution >= 0.6 is 0 Å². The molecule has 0 radical (unpaired) electrons. The average molecular weight is 325 g/mol. The fourth-order valence-corrected chi connectivity index (χ4v) is 1.81. The molecule has 0 aliphatic rings. The standard InChI is InChI=1S/C11H14F3N3O3S/c1-17(2)21(19,20)15-7-10(18)16-9-5-3-8(4-6-9)11(12,13)14/h3-6,15H,7H2,1-2H3,(H,16,18). The zero-order valence-corrected chi connectivity index (χ0v) is 12.0. The Hall–Kier alpha value is -1.65. The lowest BCUT2D eigenvalue weighted by Gasteiger charge is -2.12.